The summed E-state index contributed by atoms with van der Waals surface area (Å²) in [4.78, 5) is 17.1. The molecule has 2 aromatic carbocycles. The van der Waals surface area contributed by atoms with Gasteiger partial charge in [0.25, 0.3) is 0 Å². The second kappa shape index (κ2) is 8.24. The molecule has 4 rings (SSSR count). The van der Waals surface area contributed by atoms with Crippen LogP contribution in [0.5, 0.6) is 0 Å². The molecule has 0 amide bonds. The molecule has 4 N–H and O–H groups in total. The van der Waals surface area contributed by atoms with Crippen molar-refractivity contribution in [3.05, 3.63) is 68.6 Å². The molecule has 0 bridgehead atoms. The Morgan fingerprint density at radius 1 is 0.433 bits per heavy atom. The maximum absolute atomic E-state index is 6.11. The largest absolute Gasteiger partial charge is 0.368 e. The minimum absolute atomic E-state index is 0.0585. The van der Waals surface area contributed by atoms with Crippen molar-refractivity contribution in [2.24, 2.45) is 0 Å². The Kier molecular flexibility index (Phi) is 5.66. The number of halogens is 4. The Morgan fingerprint density at radius 3 is 1.07 bits per heavy atom. The minimum Gasteiger partial charge on any atom is -0.368 e. The third-order valence-electron chi connectivity index (χ3n) is 4.07. The monoisotopic (exact) mass is 476 g/mol. The van der Waals surface area contributed by atoms with E-state index >= 15 is 0 Å². The van der Waals surface area contributed by atoms with Crippen LogP contribution in [-0.4, -0.2) is 19.9 Å². The van der Waals surface area contributed by atoms with Crippen molar-refractivity contribution >= 4 is 58.3 Å². The normalized spacial score (nSPS) is 10.9. The molecule has 0 saturated carbocycles. The molecule has 4 aromatic rings. The second-order valence-corrected chi connectivity index (χ2v) is 8.06. The number of benzene rings is 2. The maximum Gasteiger partial charge on any atom is 0.221 e. The molecule has 0 fully saturated rings. The van der Waals surface area contributed by atoms with E-state index in [1.165, 1.54) is 0 Å². The van der Waals surface area contributed by atoms with Crippen LogP contribution in [0.25, 0.3) is 33.9 Å². The molecule has 0 unspecified atom stereocenters. The molecule has 2 aromatic heterocycles. The predicted octanol–water partition coefficient (Wildman–Crippen LogP) is 6.05. The molecule has 6 nitrogen and oxygen atoms in total. The van der Waals surface area contributed by atoms with E-state index in [-0.39, 0.29) is 11.9 Å². The van der Waals surface area contributed by atoms with Crippen LogP contribution in [0.4, 0.5) is 11.9 Å². The summed E-state index contributed by atoms with van der Waals surface area (Å²) < 4.78 is 0. The quantitative estimate of drug-likeness (QED) is 0.372. The summed E-state index contributed by atoms with van der Waals surface area (Å²) in [5.41, 5.74) is 15.2. The van der Waals surface area contributed by atoms with Crippen LogP contribution in [0.3, 0.4) is 0 Å². The van der Waals surface area contributed by atoms with Crippen molar-refractivity contribution in [2.45, 2.75) is 0 Å². The number of nitrogens with two attached hydrogens (primary N) is 2. The lowest BCUT2D eigenvalue weighted by Crippen LogP contribution is -2.02. The van der Waals surface area contributed by atoms with Gasteiger partial charge in [0.05, 0.1) is 22.8 Å². The van der Waals surface area contributed by atoms with Crippen LogP contribution in [-0.2, 0) is 0 Å². The van der Waals surface area contributed by atoms with Crippen LogP contribution < -0.4 is 11.5 Å². The zero-order valence-electron chi connectivity index (χ0n) is 15.1. The fourth-order valence-corrected chi connectivity index (χ4v) is 3.95. The first-order valence-corrected chi connectivity index (χ1v) is 10.0. The topological polar surface area (TPSA) is 104 Å². The fourth-order valence-electron chi connectivity index (χ4n) is 2.89. The lowest BCUT2D eigenvalue weighted by atomic mass is 10.1. The molecule has 0 atom stereocenters. The van der Waals surface area contributed by atoms with E-state index in [4.69, 9.17) is 57.9 Å². The Balaban J connectivity index is 1.85. The highest BCUT2D eigenvalue weighted by molar-refractivity contribution is 6.35. The first-order chi connectivity index (χ1) is 14.3. The van der Waals surface area contributed by atoms with Gasteiger partial charge in [0.2, 0.25) is 11.9 Å². The smallest absolute Gasteiger partial charge is 0.221 e. The van der Waals surface area contributed by atoms with Crippen LogP contribution in [0.15, 0.2) is 48.5 Å². The van der Waals surface area contributed by atoms with Gasteiger partial charge in [0.1, 0.15) is 0 Å². The average Bonchev–Trinajstić information content (AvgIpc) is 2.65. The number of anilines is 2. The van der Waals surface area contributed by atoms with E-state index in [9.17, 15) is 0 Å². The molecule has 0 saturated heterocycles. The summed E-state index contributed by atoms with van der Waals surface area (Å²) in [7, 11) is 0. The zero-order chi connectivity index (χ0) is 21.4. The highest BCUT2D eigenvalue weighted by atomic mass is 35.5. The highest BCUT2D eigenvalue weighted by Crippen LogP contribution is 2.31. The number of nitrogen functional groups attached to an aromatic ring is 2. The van der Waals surface area contributed by atoms with Gasteiger partial charge in [0, 0.05) is 31.2 Å². The molecule has 0 aliphatic carbocycles. The van der Waals surface area contributed by atoms with Crippen molar-refractivity contribution in [2.75, 3.05) is 11.5 Å². The number of nitrogens with zero attached hydrogens (tertiary/aromatic N) is 4. The van der Waals surface area contributed by atoms with Gasteiger partial charge >= 0.3 is 0 Å². The minimum atomic E-state index is 0.0585. The van der Waals surface area contributed by atoms with Gasteiger partial charge in [-0.3, -0.25) is 0 Å². The fraction of sp³-hybridized carbons (Fsp3) is 0. The lowest BCUT2D eigenvalue weighted by Gasteiger charge is -2.09. The predicted molar refractivity (Wildman–Crippen MR) is 123 cm³/mol. The molecule has 10 heteroatoms. The number of rotatable bonds is 3. The first kappa shape index (κ1) is 20.6. The van der Waals surface area contributed by atoms with E-state index in [1.54, 1.807) is 48.5 Å². The molecule has 0 spiro atoms. The molecule has 0 aliphatic rings. The van der Waals surface area contributed by atoms with E-state index in [2.05, 4.69) is 19.9 Å². The molecular formula is C20H12Cl4N6. The number of hydrogen-bond donors (Lipinski definition) is 2. The average molecular weight is 478 g/mol. The van der Waals surface area contributed by atoms with Crippen LogP contribution >= 0.6 is 46.4 Å². The molecule has 0 aliphatic heterocycles. The summed E-state index contributed by atoms with van der Waals surface area (Å²) in [5.74, 6) is 0.117. The van der Waals surface area contributed by atoms with E-state index in [0.29, 0.717) is 54.0 Å². The molecule has 150 valence electrons. The van der Waals surface area contributed by atoms with Crippen molar-refractivity contribution in [3.8, 4) is 33.9 Å². The Labute approximate surface area is 191 Å². The Hall–Kier alpha value is -2.64. The van der Waals surface area contributed by atoms with Gasteiger partial charge < -0.3 is 11.5 Å². The zero-order valence-corrected chi connectivity index (χ0v) is 18.1. The molecule has 30 heavy (non-hydrogen) atoms. The highest BCUT2D eigenvalue weighted by Gasteiger charge is 2.13. The van der Waals surface area contributed by atoms with E-state index in [1.807, 2.05) is 0 Å². The third kappa shape index (κ3) is 4.57. The van der Waals surface area contributed by atoms with Crippen molar-refractivity contribution in [3.63, 3.8) is 0 Å². The Bertz CT molecular complexity index is 1140. The standard InChI is InChI=1S/C20H12Cl4N6/c21-11-1-9(2-12(22)5-11)15-7-17(29-19(25)27-15)18-8-16(28-20(26)30-18)10-3-13(23)6-14(24)4-10/h1-8H,(H2,25,27,29)(H2,26,28,30). The summed E-state index contributed by atoms with van der Waals surface area (Å²) in [6.07, 6.45) is 0. The summed E-state index contributed by atoms with van der Waals surface area (Å²) in [5, 5.41) is 1.90. The number of aromatic nitrogens is 4. The van der Waals surface area contributed by atoms with Gasteiger partial charge in [-0.05, 0) is 48.5 Å². The second-order valence-electron chi connectivity index (χ2n) is 6.31. The summed E-state index contributed by atoms with van der Waals surface area (Å²) in [6, 6.07) is 13.6. The lowest BCUT2D eigenvalue weighted by molar-refractivity contribution is 1.14. The number of hydrogen-bond acceptors (Lipinski definition) is 6. The Morgan fingerprint density at radius 2 is 0.733 bits per heavy atom. The SMILES string of the molecule is Nc1nc(-c2cc(Cl)cc(Cl)c2)cc(-c2cc(-c3cc(Cl)cc(Cl)c3)nc(N)n2)n1. The van der Waals surface area contributed by atoms with Crippen LogP contribution in [0.1, 0.15) is 0 Å². The van der Waals surface area contributed by atoms with Crippen molar-refractivity contribution in [1.82, 2.24) is 19.9 Å². The van der Waals surface area contributed by atoms with Gasteiger partial charge in [-0.25, -0.2) is 19.9 Å². The third-order valence-corrected chi connectivity index (χ3v) is 4.94. The van der Waals surface area contributed by atoms with Crippen LogP contribution in [0.2, 0.25) is 20.1 Å². The molecule has 0 radical (unpaired) electrons. The van der Waals surface area contributed by atoms with Crippen LogP contribution in [0, 0.1) is 0 Å². The molecular weight excluding hydrogens is 466 g/mol. The summed E-state index contributed by atoms with van der Waals surface area (Å²) in [6.45, 7) is 0. The van der Waals surface area contributed by atoms with Gasteiger partial charge in [-0.2, -0.15) is 0 Å². The van der Waals surface area contributed by atoms with Crippen molar-refractivity contribution < 1.29 is 0 Å². The van der Waals surface area contributed by atoms with Gasteiger partial charge in [0.15, 0.2) is 0 Å². The van der Waals surface area contributed by atoms with Gasteiger partial charge in [-0.1, -0.05) is 46.4 Å². The summed E-state index contributed by atoms with van der Waals surface area (Å²) >= 11 is 24.5. The van der Waals surface area contributed by atoms with Crippen molar-refractivity contribution in [1.29, 1.82) is 0 Å². The molecule has 2 heterocycles. The van der Waals surface area contributed by atoms with E-state index in [0.717, 1.165) is 0 Å². The first-order valence-electron chi connectivity index (χ1n) is 8.49. The maximum atomic E-state index is 6.11. The van der Waals surface area contributed by atoms with Gasteiger partial charge in [-0.15, -0.1) is 0 Å². The van der Waals surface area contributed by atoms with E-state index < -0.39 is 0 Å².